The van der Waals surface area contributed by atoms with E-state index in [9.17, 15) is 29.3 Å². The maximum Gasteiger partial charge on any atom is 0.273 e. The van der Waals surface area contributed by atoms with Crippen molar-refractivity contribution < 1.29 is 28.6 Å². The molecule has 0 spiro atoms. The SMILES string of the molecule is Cc1cc(C(=O)NCCNC(=O)CN2C(=O)c3ccc([N+](=O)[O-])cc3C2=O)no1. The molecule has 2 heterocycles. The van der Waals surface area contributed by atoms with Crippen LogP contribution in [0, 0.1) is 17.0 Å². The van der Waals surface area contributed by atoms with Gasteiger partial charge in [0.15, 0.2) is 5.69 Å². The van der Waals surface area contributed by atoms with Crippen LogP contribution in [0.5, 0.6) is 0 Å². The molecule has 0 aliphatic carbocycles. The molecule has 29 heavy (non-hydrogen) atoms. The van der Waals surface area contributed by atoms with Crippen molar-refractivity contribution in [2.75, 3.05) is 19.6 Å². The number of hydrogen-bond acceptors (Lipinski definition) is 8. The smallest absolute Gasteiger partial charge is 0.273 e. The minimum atomic E-state index is -0.779. The van der Waals surface area contributed by atoms with E-state index < -0.39 is 35.1 Å². The number of nitrogens with one attached hydrogen (secondary N) is 2. The van der Waals surface area contributed by atoms with Crippen LogP contribution in [0.4, 0.5) is 5.69 Å². The molecule has 1 aromatic carbocycles. The van der Waals surface area contributed by atoms with Crippen molar-refractivity contribution in [3.8, 4) is 0 Å². The first-order chi connectivity index (χ1) is 13.8. The number of benzene rings is 1. The van der Waals surface area contributed by atoms with Crippen molar-refractivity contribution in [1.82, 2.24) is 20.7 Å². The van der Waals surface area contributed by atoms with Crippen molar-refractivity contribution in [1.29, 1.82) is 0 Å². The fraction of sp³-hybridized carbons (Fsp3) is 0.235. The number of nitrogens with zero attached hydrogens (tertiary/aromatic N) is 3. The summed E-state index contributed by atoms with van der Waals surface area (Å²) in [7, 11) is 0. The summed E-state index contributed by atoms with van der Waals surface area (Å²) >= 11 is 0. The molecule has 2 N–H and O–H groups in total. The minimum Gasteiger partial charge on any atom is -0.361 e. The fourth-order valence-corrected chi connectivity index (χ4v) is 2.68. The zero-order valence-electron chi connectivity index (χ0n) is 15.1. The van der Waals surface area contributed by atoms with E-state index in [1.165, 1.54) is 12.1 Å². The zero-order chi connectivity index (χ0) is 21.1. The predicted octanol–water partition coefficient (Wildman–Crippen LogP) is 0.0334. The number of imide groups is 1. The Morgan fingerprint density at radius 1 is 1.14 bits per heavy atom. The highest BCUT2D eigenvalue weighted by Crippen LogP contribution is 2.26. The minimum absolute atomic E-state index is 0.00330. The first-order valence-electron chi connectivity index (χ1n) is 8.41. The number of amides is 4. The van der Waals surface area contributed by atoms with E-state index in [1.54, 1.807) is 6.92 Å². The van der Waals surface area contributed by atoms with Crippen LogP contribution < -0.4 is 10.6 Å². The molecule has 0 saturated heterocycles. The number of carbonyl (C=O) groups is 4. The molecule has 150 valence electrons. The highest BCUT2D eigenvalue weighted by molar-refractivity contribution is 6.22. The first kappa shape index (κ1) is 19.7. The number of fused-ring (bicyclic) bond motifs is 1. The van der Waals surface area contributed by atoms with E-state index >= 15 is 0 Å². The number of aromatic nitrogens is 1. The Kier molecular flexibility index (Phi) is 5.34. The Hall–Kier alpha value is -4.09. The number of nitro benzene ring substituents is 1. The largest absolute Gasteiger partial charge is 0.361 e. The Morgan fingerprint density at radius 3 is 2.48 bits per heavy atom. The molecular formula is C17H15N5O7. The van der Waals surface area contributed by atoms with E-state index in [0.29, 0.717) is 10.7 Å². The molecule has 0 atom stereocenters. The molecule has 0 fully saturated rings. The van der Waals surface area contributed by atoms with E-state index in [4.69, 9.17) is 4.52 Å². The monoisotopic (exact) mass is 401 g/mol. The molecule has 0 unspecified atom stereocenters. The van der Waals surface area contributed by atoms with Gasteiger partial charge in [-0.15, -0.1) is 0 Å². The highest BCUT2D eigenvalue weighted by Gasteiger charge is 2.37. The molecular weight excluding hydrogens is 386 g/mol. The molecule has 0 bridgehead atoms. The summed E-state index contributed by atoms with van der Waals surface area (Å²) < 4.78 is 4.78. The van der Waals surface area contributed by atoms with Gasteiger partial charge in [-0.05, 0) is 13.0 Å². The topological polar surface area (TPSA) is 165 Å². The second-order valence-electron chi connectivity index (χ2n) is 6.11. The van der Waals surface area contributed by atoms with E-state index in [2.05, 4.69) is 15.8 Å². The van der Waals surface area contributed by atoms with Crippen molar-refractivity contribution in [2.45, 2.75) is 6.92 Å². The van der Waals surface area contributed by atoms with Crippen LogP contribution in [0.1, 0.15) is 37.0 Å². The van der Waals surface area contributed by atoms with Gasteiger partial charge < -0.3 is 15.2 Å². The van der Waals surface area contributed by atoms with Crippen LogP contribution in [0.25, 0.3) is 0 Å². The molecule has 0 saturated carbocycles. The quantitative estimate of drug-likeness (QED) is 0.284. The van der Waals surface area contributed by atoms with Gasteiger partial charge in [-0.3, -0.25) is 34.2 Å². The second-order valence-corrected chi connectivity index (χ2v) is 6.11. The molecule has 1 aliphatic rings. The molecule has 2 aromatic rings. The van der Waals surface area contributed by atoms with E-state index in [1.807, 2.05) is 0 Å². The first-order valence-corrected chi connectivity index (χ1v) is 8.41. The Morgan fingerprint density at radius 2 is 1.83 bits per heavy atom. The van der Waals surface area contributed by atoms with Gasteiger partial charge >= 0.3 is 0 Å². The van der Waals surface area contributed by atoms with E-state index in [0.717, 1.165) is 12.1 Å². The third-order valence-electron chi connectivity index (χ3n) is 4.06. The maximum atomic E-state index is 12.3. The fourth-order valence-electron chi connectivity index (χ4n) is 2.68. The number of aryl methyl sites for hydroxylation is 1. The number of rotatable bonds is 7. The number of hydrogen-bond donors (Lipinski definition) is 2. The maximum absolute atomic E-state index is 12.3. The van der Waals surface area contributed by atoms with Gasteiger partial charge in [0.05, 0.1) is 16.1 Å². The number of nitro groups is 1. The van der Waals surface area contributed by atoms with Gasteiger partial charge in [0, 0.05) is 31.3 Å². The summed E-state index contributed by atoms with van der Waals surface area (Å²) in [5.41, 5.74) is -0.334. The third-order valence-corrected chi connectivity index (χ3v) is 4.06. The van der Waals surface area contributed by atoms with Gasteiger partial charge in [-0.25, -0.2) is 0 Å². The van der Waals surface area contributed by atoms with Crippen LogP contribution in [0.3, 0.4) is 0 Å². The highest BCUT2D eigenvalue weighted by atomic mass is 16.6. The normalized spacial score (nSPS) is 12.7. The zero-order valence-corrected chi connectivity index (χ0v) is 15.1. The average molecular weight is 401 g/mol. The Balaban J connectivity index is 1.50. The van der Waals surface area contributed by atoms with Crippen LogP contribution in [-0.4, -0.2) is 58.2 Å². The van der Waals surface area contributed by atoms with Crippen molar-refractivity contribution in [3.63, 3.8) is 0 Å². The second kappa shape index (κ2) is 7.88. The summed E-state index contributed by atoms with van der Waals surface area (Å²) in [5.74, 6) is -2.10. The average Bonchev–Trinajstić information content (AvgIpc) is 3.22. The number of carbonyl (C=O) groups excluding carboxylic acids is 4. The van der Waals surface area contributed by atoms with Crippen LogP contribution in [-0.2, 0) is 4.79 Å². The van der Waals surface area contributed by atoms with Crippen molar-refractivity contribution in [2.24, 2.45) is 0 Å². The molecule has 12 heteroatoms. The van der Waals surface area contributed by atoms with Gasteiger partial charge in [0.2, 0.25) is 5.91 Å². The lowest BCUT2D eigenvalue weighted by atomic mass is 10.1. The summed E-state index contributed by atoms with van der Waals surface area (Å²) in [6.07, 6.45) is 0. The lowest BCUT2D eigenvalue weighted by Crippen LogP contribution is -2.42. The van der Waals surface area contributed by atoms with Crippen LogP contribution in [0.2, 0.25) is 0 Å². The van der Waals surface area contributed by atoms with Gasteiger partial charge in [0.1, 0.15) is 12.3 Å². The summed E-state index contributed by atoms with van der Waals surface area (Å²) in [4.78, 5) is 59.3. The van der Waals surface area contributed by atoms with Gasteiger partial charge in [-0.2, -0.15) is 0 Å². The van der Waals surface area contributed by atoms with Crippen LogP contribution in [0.15, 0.2) is 28.8 Å². The lowest BCUT2D eigenvalue weighted by Gasteiger charge is -2.13. The number of non-ortho nitro benzene ring substituents is 1. The summed E-state index contributed by atoms with van der Waals surface area (Å²) in [6.45, 7) is 1.23. The summed E-state index contributed by atoms with van der Waals surface area (Å²) in [6, 6.07) is 4.77. The van der Waals surface area contributed by atoms with Gasteiger partial charge in [0.25, 0.3) is 23.4 Å². The van der Waals surface area contributed by atoms with E-state index in [-0.39, 0.29) is 35.6 Å². The molecule has 1 aliphatic heterocycles. The van der Waals surface area contributed by atoms with Gasteiger partial charge in [-0.1, -0.05) is 5.16 Å². The Bertz CT molecular complexity index is 1030. The standard InChI is InChI=1S/C17H15N5O7/c1-9-6-13(20-29-9)15(24)19-5-4-18-14(23)8-21-16(25)11-3-2-10(22(27)28)7-12(11)17(21)26/h2-3,6-7H,4-5,8H2,1H3,(H,18,23)(H,19,24). The molecule has 12 nitrogen and oxygen atoms in total. The Labute approximate surface area is 163 Å². The lowest BCUT2D eigenvalue weighted by molar-refractivity contribution is -0.384. The summed E-state index contributed by atoms with van der Waals surface area (Å²) in [5, 5.41) is 19.4. The van der Waals surface area contributed by atoms with Crippen LogP contribution >= 0.6 is 0 Å². The predicted molar refractivity (Wildman–Crippen MR) is 95.0 cm³/mol. The molecule has 1 aromatic heterocycles. The molecule has 3 rings (SSSR count). The van der Waals surface area contributed by atoms with Crippen molar-refractivity contribution in [3.05, 3.63) is 57.0 Å². The van der Waals surface area contributed by atoms with Crippen molar-refractivity contribution >= 4 is 29.3 Å². The molecule has 4 amide bonds. The molecule has 0 radical (unpaired) electrons. The third kappa shape index (κ3) is 4.10.